The minimum absolute atomic E-state index is 0.228. The first-order valence-electron chi connectivity index (χ1n) is 9.29. The van der Waals surface area contributed by atoms with E-state index in [0.717, 1.165) is 11.1 Å². The molecule has 3 rings (SSSR count). The van der Waals surface area contributed by atoms with Crippen LogP contribution < -0.4 is 4.74 Å². The predicted molar refractivity (Wildman–Crippen MR) is 105 cm³/mol. The van der Waals surface area contributed by atoms with Crippen molar-refractivity contribution in [1.29, 1.82) is 0 Å². The maximum atomic E-state index is 12.7. The fourth-order valence-electron chi connectivity index (χ4n) is 3.18. The molecule has 1 aliphatic rings. The van der Waals surface area contributed by atoms with Gasteiger partial charge in [0.05, 0.1) is 7.11 Å². The molecule has 156 valence electrons. The Kier molecular flexibility index (Phi) is 6.79. The van der Waals surface area contributed by atoms with Crippen molar-refractivity contribution in [3.8, 4) is 5.75 Å². The van der Waals surface area contributed by atoms with Crippen molar-refractivity contribution < 1.29 is 33.4 Å². The predicted octanol–water partition coefficient (Wildman–Crippen LogP) is 1.55. The number of fused-ring (bicyclic) bond motifs is 1. The molecule has 0 fully saturated rings. The lowest BCUT2D eigenvalue weighted by molar-refractivity contribution is -0.160. The van der Waals surface area contributed by atoms with Crippen molar-refractivity contribution in [2.45, 2.75) is 19.0 Å². The number of carbonyl (C=O) groups is 4. The Morgan fingerprint density at radius 2 is 1.73 bits per heavy atom. The minimum atomic E-state index is -0.774. The standard InChI is InChI=1S/C22H21NO7/c1-28-22(27)19-10-16-4-2-3-5-17(16)11-23(19)20(25)13-30-21(26)14-29-18-8-6-15(12-24)7-9-18/h2-9,12,19H,10-11,13-14H2,1H3/t19-/m1/s1. The third-order valence-corrected chi connectivity index (χ3v) is 4.77. The fourth-order valence-corrected chi connectivity index (χ4v) is 3.18. The monoisotopic (exact) mass is 411 g/mol. The summed E-state index contributed by atoms with van der Waals surface area (Å²) >= 11 is 0. The van der Waals surface area contributed by atoms with Crippen molar-refractivity contribution in [3.63, 3.8) is 0 Å². The number of methoxy groups -OCH3 is 1. The quantitative estimate of drug-likeness (QED) is 0.503. The molecule has 0 unspecified atom stereocenters. The molecule has 0 spiro atoms. The Balaban J connectivity index is 1.56. The van der Waals surface area contributed by atoms with Crippen LogP contribution in [0.15, 0.2) is 48.5 Å². The number of nitrogens with zero attached hydrogens (tertiary/aromatic N) is 1. The van der Waals surface area contributed by atoms with Gasteiger partial charge in [-0.2, -0.15) is 0 Å². The third-order valence-electron chi connectivity index (χ3n) is 4.77. The normalized spacial score (nSPS) is 15.0. The Morgan fingerprint density at radius 3 is 2.40 bits per heavy atom. The fraction of sp³-hybridized carbons (Fsp3) is 0.273. The van der Waals surface area contributed by atoms with Crippen LogP contribution in [0.1, 0.15) is 21.5 Å². The van der Waals surface area contributed by atoms with Crippen molar-refractivity contribution >= 4 is 24.1 Å². The summed E-state index contributed by atoms with van der Waals surface area (Å²) in [5.41, 5.74) is 2.39. The molecule has 0 saturated carbocycles. The average molecular weight is 411 g/mol. The third kappa shape index (κ3) is 5.02. The topological polar surface area (TPSA) is 99.2 Å². The van der Waals surface area contributed by atoms with E-state index in [9.17, 15) is 19.2 Å². The molecule has 1 aliphatic heterocycles. The van der Waals surface area contributed by atoms with Gasteiger partial charge in [0.1, 0.15) is 18.1 Å². The van der Waals surface area contributed by atoms with Crippen molar-refractivity contribution in [1.82, 2.24) is 4.90 Å². The van der Waals surface area contributed by atoms with Crippen LogP contribution >= 0.6 is 0 Å². The highest BCUT2D eigenvalue weighted by molar-refractivity contribution is 5.87. The van der Waals surface area contributed by atoms with Crippen LogP contribution in [-0.4, -0.2) is 55.4 Å². The molecule has 1 atom stereocenters. The van der Waals surface area contributed by atoms with Crippen molar-refractivity contribution in [3.05, 3.63) is 65.2 Å². The van der Waals surface area contributed by atoms with E-state index in [4.69, 9.17) is 14.2 Å². The molecule has 2 aromatic carbocycles. The zero-order chi connectivity index (χ0) is 21.5. The van der Waals surface area contributed by atoms with Gasteiger partial charge in [0.2, 0.25) is 0 Å². The Labute approximate surface area is 173 Å². The van der Waals surface area contributed by atoms with E-state index in [1.165, 1.54) is 12.0 Å². The second-order valence-electron chi connectivity index (χ2n) is 6.67. The molecule has 0 aromatic heterocycles. The smallest absolute Gasteiger partial charge is 0.344 e. The number of aldehydes is 1. The van der Waals surface area contributed by atoms with Gasteiger partial charge in [-0.1, -0.05) is 24.3 Å². The van der Waals surface area contributed by atoms with E-state index < -0.39 is 37.1 Å². The molecular weight excluding hydrogens is 390 g/mol. The highest BCUT2D eigenvalue weighted by Crippen LogP contribution is 2.24. The number of ether oxygens (including phenoxy) is 3. The van der Waals surface area contributed by atoms with Gasteiger partial charge < -0.3 is 19.1 Å². The number of esters is 2. The Hall–Kier alpha value is -3.68. The Bertz CT molecular complexity index is 939. The van der Waals surface area contributed by atoms with E-state index in [1.54, 1.807) is 24.3 Å². The molecule has 0 N–H and O–H groups in total. The summed E-state index contributed by atoms with van der Waals surface area (Å²) in [6.45, 7) is -0.676. The summed E-state index contributed by atoms with van der Waals surface area (Å²) in [7, 11) is 1.27. The van der Waals surface area contributed by atoms with Gasteiger partial charge in [-0.25, -0.2) is 9.59 Å². The van der Waals surface area contributed by atoms with Gasteiger partial charge in [0.15, 0.2) is 13.2 Å². The molecule has 0 saturated heterocycles. The molecule has 1 amide bonds. The van der Waals surface area contributed by atoms with Gasteiger partial charge in [0, 0.05) is 18.5 Å². The number of amides is 1. The molecule has 1 heterocycles. The number of benzene rings is 2. The van der Waals surface area contributed by atoms with E-state index in [2.05, 4.69) is 0 Å². The van der Waals surface area contributed by atoms with Gasteiger partial charge in [-0.05, 0) is 35.4 Å². The van der Waals surface area contributed by atoms with Gasteiger partial charge in [-0.3, -0.25) is 9.59 Å². The SMILES string of the molecule is COC(=O)[C@H]1Cc2ccccc2CN1C(=O)COC(=O)COc1ccc(C=O)cc1. The van der Waals surface area contributed by atoms with E-state index in [1.807, 2.05) is 24.3 Å². The highest BCUT2D eigenvalue weighted by Gasteiger charge is 2.35. The molecule has 8 nitrogen and oxygen atoms in total. The Morgan fingerprint density at radius 1 is 1.03 bits per heavy atom. The van der Waals surface area contributed by atoms with Gasteiger partial charge in [0.25, 0.3) is 5.91 Å². The molecule has 8 heteroatoms. The number of rotatable bonds is 7. The summed E-state index contributed by atoms with van der Waals surface area (Å²) in [6, 6.07) is 13.0. The molecule has 0 bridgehead atoms. The lowest BCUT2D eigenvalue weighted by Crippen LogP contribution is -2.50. The van der Waals surface area contributed by atoms with Crippen LogP contribution in [0.4, 0.5) is 0 Å². The van der Waals surface area contributed by atoms with Crippen LogP contribution in [0.5, 0.6) is 5.75 Å². The molecule has 30 heavy (non-hydrogen) atoms. The van der Waals surface area contributed by atoms with E-state index in [-0.39, 0.29) is 6.54 Å². The van der Waals surface area contributed by atoms with Crippen molar-refractivity contribution in [2.75, 3.05) is 20.3 Å². The largest absolute Gasteiger partial charge is 0.482 e. The van der Waals surface area contributed by atoms with E-state index in [0.29, 0.717) is 24.0 Å². The first kappa shape index (κ1) is 21.0. The number of hydrogen-bond acceptors (Lipinski definition) is 7. The zero-order valence-corrected chi connectivity index (χ0v) is 16.4. The maximum absolute atomic E-state index is 12.7. The molecule has 2 aromatic rings. The van der Waals surface area contributed by atoms with Crippen LogP contribution in [0.2, 0.25) is 0 Å². The molecule has 0 radical (unpaired) electrons. The van der Waals surface area contributed by atoms with Gasteiger partial charge >= 0.3 is 11.9 Å². The lowest BCUT2D eigenvalue weighted by Gasteiger charge is -2.35. The number of carbonyl (C=O) groups excluding carboxylic acids is 4. The second kappa shape index (κ2) is 9.69. The second-order valence-corrected chi connectivity index (χ2v) is 6.67. The average Bonchev–Trinajstić information content (AvgIpc) is 2.80. The summed E-state index contributed by atoms with van der Waals surface area (Å²) < 4.78 is 15.1. The zero-order valence-electron chi connectivity index (χ0n) is 16.4. The van der Waals surface area contributed by atoms with Crippen molar-refractivity contribution in [2.24, 2.45) is 0 Å². The van der Waals surface area contributed by atoms with E-state index >= 15 is 0 Å². The van der Waals surface area contributed by atoms with Crippen LogP contribution in [0, 0.1) is 0 Å². The first-order chi connectivity index (χ1) is 14.5. The summed E-state index contributed by atoms with van der Waals surface area (Å²) in [4.78, 5) is 48.8. The highest BCUT2D eigenvalue weighted by atomic mass is 16.6. The first-order valence-corrected chi connectivity index (χ1v) is 9.29. The maximum Gasteiger partial charge on any atom is 0.344 e. The molecular formula is C22H21NO7. The van der Waals surface area contributed by atoms with Crippen LogP contribution in [0.25, 0.3) is 0 Å². The summed E-state index contributed by atoms with van der Waals surface area (Å²) in [6.07, 6.45) is 1.03. The molecule has 0 aliphatic carbocycles. The summed E-state index contributed by atoms with van der Waals surface area (Å²) in [5, 5.41) is 0. The lowest BCUT2D eigenvalue weighted by atomic mass is 9.94. The summed E-state index contributed by atoms with van der Waals surface area (Å²) in [5.74, 6) is -1.35. The number of hydrogen-bond donors (Lipinski definition) is 0. The van der Waals surface area contributed by atoms with Crippen LogP contribution in [-0.2, 0) is 36.8 Å². The minimum Gasteiger partial charge on any atom is -0.482 e. The van der Waals surface area contributed by atoms with Crippen LogP contribution in [0.3, 0.4) is 0 Å². The van der Waals surface area contributed by atoms with Gasteiger partial charge in [-0.15, -0.1) is 0 Å².